The van der Waals surface area contributed by atoms with E-state index in [-0.39, 0.29) is 5.91 Å². The molecule has 0 N–H and O–H groups in total. The van der Waals surface area contributed by atoms with Crippen LogP contribution in [-0.4, -0.2) is 41.9 Å². The van der Waals surface area contributed by atoms with Gasteiger partial charge in [0.25, 0.3) is 0 Å². The van der Waals surface area contributed by atoms with Gasteiger partial charge in [0.1, 0.15) is 0 Å². The van der Waals surface area contributed by atoms with Gasteiger partial charge in [0, 0.05) is 25.6 Å². The summed E-state index contributed by atoms with van der Waals surface area (Å²) < 4.78 is 26.8. The van der Waals surface area contributed by atoms with Gasteiger partial charge in [-0.2, -0.15) is 0 Å². The third-order valence-corrected chi connectivity index (χ3v) is 8.92. The maximum atomic E-state index is 13.5. The minimum Gasteiger partial charge on any atom is -0.338 e. The number of benzene rings is 1. The van der Waals surface area contributed by atoms with Gasteiger partial charge in [-0.05, 0) is 112 Å². The first-order valence-corrected chi connectivity index (χ1v) is 12.3. The summed E-state index contributed by atoms with van der Waals surface area (Å²) in [7, 11) is 2.24. The van der Waals surface area contributed by atoms with Crippen LogP contribution in [0, 0.1) is 34.8 Å². The smallest absolute Gasteiger partial charge is 0.222 e. The molecule has 3 nitrogen and oxygen atoms in total. The van der Waals surface area contributed by atoms with Crippen LogP contribution in [0.1, 0.15) is 69.8 Å². The van der Waals surface area contributed by atoms with E-state index >= 15 is 0 Å². The van der Waals surface area contributed by atoms with Crippen LogP contribution in [0.5, 0.6) is 0 Å². The van der Waals surface area contributed by atoms with Crippen molar-refractivity contribution in [2.24, 2.45) is 23.2 Å². The van der Waals surface area contributed by atoms with Crippen molar-refractivity contribution in [1.29, 1.82) is 0 Å². The highest BCUT2D eigenvalue weighted by Gasteiger charge is 2.50. The molecule has 4 bridgehead atoms. The van der Waals surface area contributed by atoms with Crippen LogP contribution < -0.4 is 0 Å². The third kappa shape index (κ3) is 4.53. The first-order chi connectivity index (χ1) is 14.9. The molecule has 1 atom stereocenters. The second kappa shape index (κ2) is 8.46. The number of likely N-dealkylation sites (tertiary alicyclic amines) is 1. The Labute approximate surface area is 185 Å². The van der Waals surface area contributed by atoms with E-state index in [1.165, 1.54) is 51.0 Å². The molecule has 0 aromatic heterocycles. The second-order valence-corrected chi connectivity index (χ2v) is 11.2. The molecule has 4 saturated carbocycles. The predicted octanol–water partition coefficient (Wildman–Crippen LogP) is 5.38. The first kappa shape index (κ1) is 21.4. The van der Waals surface area contributed by atoms with Crippen LogP contribution in [0.2, 0.25) is 0 Å². The maximum absolute atomic E-state index is 13.5. The molecule has 5 fully saturated rings. The highest BCUT2D eigenvalue weighted by Crippen LogP contribution is 2.61. The fourth-order valence-corrected chi connectivity index (χ4v) is 7.68. The number of carbonyl (C=O) groups is 1. The van der Waals surface area contributed by atoms with Crippen molar-refractivity contribution in [2.75, 3.05) is 20.1 Å². The lowest BCUT2D eigenvalue weighted by atomic mass is 9.49. The van der Waals surface area contributed by atoms with Gasteiger partial charge in [0.2, 0.25) is 5.91 Å². The van der Waals surface area contributed by atoms with Crippen LogP contribution >= 0.6 is 0 Å². The van der Waals surface area contributed by atoms with Crippen molar-refractivity contribution < 1.29 is 13.6 Å². The van der Waals surface area contributed by atoms with E-state index in [4.69, 9.17) is 0 Å². The van der Waals surface area contributed by atoms with E-state index in [2.05, 4.69) is 11.9 Å². The van der Waals surface area contributed by atoms with Gasteiger partial charge in [0.15, 0.2) is 11.6 Å². The fourth-order valence-electron chi connectivity index (χ4n) is 7.68. The zero-order valence-corrected chi connectivity index (χ0v) is 18.8. The minimum absolute atomic E-state index is 0.127. The number of amides is 1. The zero-order valence-electron chi connectivity index (χ0n) is 18.8. The molecular weight excluding hydrogens is 394 g/mol. The number of carbonyl (C=O) groups excluding carboxylic acids is 1. The molecule has 0 unspecified atom stereocenters. The van der Waals surface area contributed by atoms with E-state index < -0.39 is 11.6 Å². The third-order valence-electron chi connectivity index (χ3n) is 8.92. The quantitative estimate of drug-likeness (QED) is 0.605. The molecular formula is C26H36F2N2O. The summed E-state index contributed by atoms with van der Waals surface area (Å²) in [6.07, 6.45) is 12.5. The Kier molecular flexibility index (Phi) is 5.83. The van der Waals surface area contributed by atoms with Crippen molar-refractivity contribution in [1.82, 2.24) is 9.80 Å². The number of rotatable bonds is 6. The predicted molar refractivity (Wildman–Crippen MR) is 117 cm³/mol. The first-order valence-electron chi connectivity index (χ1n) is 12.3. The van der Waals surface area contributed by atoms with Gasteiger partial charge >= 0.3 is 0 Å². The summed E-state index contributed by atoms with van der Waals surface area (Å²) in [6, 6.07) is 4.36. The number of halogens is 2. The van der Waals surface area contributed by atoms with E-state index in [1.807, 2.05) is 4.90 Å². The Hall–Kier alpha value is -1.49. The average molecular weight is 431 g/mol. The molecule has 31 heavy (non-hydrogen) atoms. The van der Waals surface area contributed by atoms with E-state index in [0.29, 0.717) is 36.5 Å². The Morgan fingerprint density at radius 3 is 2.35 bits per heavy atom. The molecule has 6 rings (SSSR count). The minimum atomic E-state index is -0.845. The molecule has 4 aliphatic carbocycles. The number of hydrogen-bond acceptors (Lipinski definition) is 2. The molecule has 1 saturated heterocycles. The van der Waals surface area contributed by atoms with Crippen LogP contribution in [0.4, 0.5) is 8.78 Å². The molecule has 1 aromatic rings. The fraction of sp³-hybridized carbons (Fsp3) is 0.731. The number of hydrogen-bond donors (Lipinski definition) is 0. The van der Waals surface area contributed by atoms with Crippen LogP contribution in [0.15, 0.2) is 18.2 Å². The molecule has 1 aromatic carbocycles. The summed E-state index contributed by atoms with van der Waals surface area (Å²) in [5.74, 6) is 1.43. The van der Waals surface area contributed by atoms with Crippen molar-refractivity contribution in [3.05, 3.63) is 35.4 Å². The van der Waals surface area contributed by atoms with Gasteiger partial charge in [-0.1, -0.05) is 6.07 Å². The molecule has 1 aliphatic heterocycles. The van der Waals surface area contributed by atoms with E-state index in [0.717, 1.165) is 43.2 Å². The zero-order chi connectivity index (χ0) is 21.6. The standard InChI is InChI=1S/C26H36F2N2O/c1-29(9-7-26-14-19-10-20(15-26)12-21(11-19)16-26)22-3-5-25(31)30(8-6-22)17-18-2-4-23(27)24(28)13-18/h2,4,13,19-22H,3,5-12,14-17H2,1H3/t19?,20?,21?,22-,26?/m1/s1. The lowest BCUT2D eigenvalue weighted by Crippen LogP contribution is -2.47. The Morgan fingerprint density at radius 1 is 1.03 bits per heavy atom. The maximum Gasteiger partial charge on any atom is 0.222 e. The highest BCUT2D eigenvalue weighted by molar-refractivity contribution is 5.76. The molecule has 0 spiro atoms. The summed E-state index contributed by atoms with van der Waals surface area (Å²) in [5, 5.41) is 0. The largest absolute Gasteiger partial charge is 0.338 e. The monoisotopic (exact) mass is 430 g/mol. The van der Waals surface area contributed by atoms with Gasteiger partial charge in [-0.25, -0.2) is 8.78 Å². The lowest BCUT2D eigenvalue weighted by Gasteiger charge is -2.57. The lowest BCUT2D eigenvalue weighted by molar-refractivity contribution is -0.131. The highest BCUT2D eigenvalue weighted by atomic mass is 19.2. The Balaban J connectivity index is 1.15. The van der Waals surface area contributed by atoms with E-state index in [9.17, 15) is 13.6 Å². The van der Waals surface area contributed by atoms with Gasteiger partial charge in [0.05, 0.1) is 0 Å². The average Bonchev–Trinajstić information content (AvgIpc) is 2.90. The van der Waals surface area contributed by atoms with Crippen molar-refractivity contribution in [3.63, 3.8) is 0 Å². The topological polar surface area (TPSA) is 23.6 Å². The van der Waals surface area contributed by atoms with Crippen molar-refractivity contribution in [2.45, 2.75) is 76.8 Å². The van der Waals surface area contributed by atoms with Crippen LogP contribution in [-0.2, 0) is 11.3 Å². The molecule has 0 radical (unpaired) electrons. The Morgan fingerprint density at radius 2 is 1.71 bits per heavy atom. The SMILES string of the molecule is CN(CCC12CC3CC(CC(C3)C1)C2)[C@@H]1CCC(=O)N(Cc2ccc(F)c(F)c2)CC1. The molecule has 170 valence electrons. The summed E-state index contributed by atoms with van der Waals surface area (Å²) in [6.45, 7) is 2.18. The number of nitrogens with zero attached hydrogens (tertiary/aromatic N) is 2. The second-order valence-electron chi connectivity index (χ2n) is 11.2. The molecule has 5 aliphatic rings. The molecule has 1 amide bonds. The summed E-state index contributed by atoms with van der Waals surface area (Å²) >= 11 is 0. The summed E-state index contributed by atoms with van der Waals surface area (Å²) in [5.41, 5.74) is 1.25. The van der Waals surface area contributed by atoms with Gasteiger partial charge in [-0.15, -0.1) is 0 Å². The molecule has 5 heteroatoms. The van der Waals surface area contributed by atoms with Gasteiger partial charge in [-0.3, -0.25) is 4.79 Å². The summed E-state index contributed by atoms with van der Waals surface area (Å²) in [4.78, 5) is 17.0. The van der Waals surface area contributed by atoms with E-state index in [1.54, 1.807) is 6.07 Å². The Bertz CT molecular complexity index is 790. The normalized spacial score (nSPS) is 35.1. The van der Waals surface area contributed by atoms with Gasteiger partial charge < -0.3 is 9.80 Å². The van der Waals surface area contributed by atoms with Crippen molar-refractivity contribution >= 4 is 5.91 Å². The molecule has 1 heterocycles. The van der Waals surface area contributed by atoms with Crippen LogP contribution in [0.25, 0.3) is 0 Å². The van der Waals surface area contributed by atoms with Crippen LogP contribution in [0.3, 0.4) is 0 Å². The van der Waals surface area contributed by atoms with Crippen molar-refractivity contribution in [3.8, 4) is 0 Å².